The number of halogens is 3. The van der Waals surface area contributed by atoms with E-state index in [1.54, 1.807) is 12.2 Å². The number of hydrogen-bond donors (Lipinski definition) is 0. The molecule has 0 bridgehead atoms. The van der Waals surface area contributed by atoms with Gasteiger partial charge in [0.1, 0.15) is 0 Å². The number of allylic oxidation sites excluding steroid dienone is 6. The number of hydrogen-bond acceptors (Lipinski definition) is 1. The highest BCUT2D eigenvalue weighted by Crippen LogP contribution is 2.48. The molecular formula is C15H15BF3N. The first-order chi connectivity index (χ1) is 9.36. The summed E-state index contributed by atoms with van der Waals surface area (Å²) < 4.78 is 39.2. The molecule has 3 atom stereocenters. The topological polar surface area (TPSA) is 23.8 Å². The van der Waals surface area contributed by atoms with Crippen LogP contribution in [0.1, 0.15) is 25.7 Å². The fourth-order valence-corrected chi connectivity index (χ4v) is 2.88. The van der Waals surface area contributed by atoms with Crippen molar-refractivity contribution in [1.29, 1.82) is 5.26 Å². The summed E-state index contributed by atoms with van der Waals surface area (Å²) in [6.45, 7) is 0. The third kappa shape index (κ3) is 3.00. The van der Waals surface area contributed by atoms with Crippen molar-refractivity contribution >= 4 is 7.85 Å². The van der Waals surface area contributed by atoms with Gasteiger partial charge in [-0.3, -0.25) is 0 Å². The second kappa shape index (κ2) is 5.51. The first-order valence-corrected chi connectivity index (χ1v) is 6.67. The van der Waals surface area contributed by atoms with Gasteiger partial charge >= 0.3 is 6.18 Å². The minimum atomic E-state index is -4.51. The van der Waals surface area contributed by atoms with Crippen LogP contribution in [0.15, 0.2) is 36.0 Å². The van der Waals surface area contributed by atoms with E-state index in [0.717, 1.165) is 31.4 Å². The Hall–Kier alpha value is -1.44. The van der Waals surface area contributed by atoms with E-state index in [4.69, 9.17) is 13.1 Å². The lowest BCUT2D eigenvalue weighted by Crippen LogP contribution is -2.28. The van der Waals surface area contributed by atoms with E-state index in [9.17, 15) is 13.2 Å². The Morgan fingerprint density at radius 2 is 2.10 bits per heavy atom. The highest BCUT2D eigenvalue weighted by Gasteiger charge is 2.47. The van der Waals surface area contributed by atoms with E-state index < -0.39 is 11.5 Å². The van der Waals surface area contributed by atoms with Crippen LogP contribution < -0.4 is 0 Å². The van der Waals surface area contributed by atoms with Crippen LogP contribution in [0.4, 0.5) is 13.2 Å². The Kier molecular flexibility index (Phi) is 4.13. The standard InChI is InChI=1S/C15H15BF3N/c16-14(15(17,18)19)7-2-1-3-13(10-14)12-5-4-11(9-12)6-8-20/h1-3,7,10-12H,4-6,9H2. The van der Waals surface area contributed by atoms with Gasteiger partial charge in [0.05, 0.1) is 19.2 Å². The normalized spacial score (nSPS) is 33.6. The molecule has 1 fully saturated rings. The van der Waals surface area contributed by atoms with Gasteiger partial charge in [0.15, 0.2) is 0 Å². The smallest absolute Gasteiger partial charge is 0.198 e. The SMILES string of the molecule is [B]C1(C(F)(F)F)C=CC=CC(C2CCC(CC#N)C2)=C1. The highest BCUT2D eigenvalue weighted by atomic mass is 19.4. The molecule has 0 spiro atoms. The molecule has 3 unspecified atom stereocenters. The van der Waals surface area contributed by atoms with Crippen molar-refractivity contribution in [3.8, 4) is 6.07 Å². The quantitative estimate of drug-likeness (QED) is 0.692. The molecule has 0 amide bonds. The molecule has 2 radical (unpaired) electrons. The molecule has 2 rings (SSSR count). The average molecular weight is 277 g/mol. The Bertz CT molecular complexity index is 498. The highest BCUT2D eigenvalue weighted by molar-refractivity contribution is 6.19. The van der Waals surface area contributed by atoms with Crippen LogP contribution >= 0.6 is 0 Å². The molecule has 0 heterocycles. The van der Waals surface area contributed by atoms with E-state index in [-0.39, 0.29) is 11.8 Å². The third-order valence-electron chi connectivity index (χ3n) is 4.06. The molecule has 20 heavy (non-hydrogen) atoms. The van der Waals surface area contributed by atoms with Crippen LogP contribution in [0.3, 0.4) is 0 Å². The zero-order valence-electron chi connectivity index (χ0n) is 11.0. The van der Waals surface area contributed by atoms with E-state index >= 15 is 0 Å². The summed E-state index contributed by atoms with van der Waals surface area (Å²) in [7, 11) is 5.51. The van der Waals surface area contributed by atoms with Crippen LogP contribution in [0.2, 0.25) is 5.31 Å². The summed E-state index contributed by atoms with van der Waals surface area (Å²) in [6, 6.07) is 2.13. The van der Waals surface area contributed by atoms with Crippen molar-refractivity contribution in [2.75, 3.05) is 0 Å². The molecule has 2 aliphatic carbocycles. The maximum atomic E-state index is 13.1. The van der Waals surface area contributed by atoms with Gasteiger partial charge in [-0.1, -0.05) is 30.4 Å². The van der Waals surface area contributed by atoms with Crippen LogP contribution in [-0.4, -0.2) is 14.0 Å². The van der Waals surface area contributed by atoms with Crippen LogP contribution in [0, 0.1) is 23.2 Å². The first kappa shape index (κ1) is 15.0. The van der Waals surface area contributed by atoms with E-state index in [0.29, 0.717) is 12.0 Å². The van der Waals surface area contributed by atoms with Crippen LogP contribution in [0.25, 0.3) is 0 Å². The van der Waals surface area contributed by atoms with E-state index in [1.807, 2.05) is 0 Å². The lowest BCUT2D eigenvalue weighted by molar-refractivity contribution is -0.142. The predicted octanol–water partition coefficient (Wildman–Crippen LogP) is 4.26. The summed E-state index contributed by atoms with van der Waals surface area (Å²) >= 11 is 0. The fraction of sp³-hybridized carbons (Fsp3) is 0.533. The number of rotatable bonds is 2. The van der Waals surface area contributed by atoms with Crippen molar-refractivity contribution in [3.63, 3.8) is 0 Å². The summed E-state index contributed by atoms with van der Waals surface area (Å²) in [4.78, 5) is 0. The van der Waals surface area contributed by atoms with Gasteiger partial charge in [-0.2, -0.15) is 18.4 Å². The summed E-state index contributed by atoms with van der Waals surface area (Å²) in [5.41, 5.74) is 0.635. The van der Waals surface area contributed by atoms with Gasteiger partial charge in [-0.25, -0.2) is 0 Å². The summed E-state index contributed by atoms with van der Waals surface area (Å²) in [5, 5.41) is 6.30. The fourth-order valence-electron chi connectivity index (χ4n) is 2.88. The van der Waals surface area contributed by atoms with Crippen LogP contribution in [0.5, 0.6) is 0 Å². The minimum absolute atomic E-state index is 0.0646. The van der Waals surface area contributed by atoms with Gasteiger partial charge < -0.3 is 0 Å². The van der Waals surface area contributed by atoms with Crippen molar-refractivity contribution in [3.05, 3.63) is 36.0 Å². The average Bonchev–Trinajstić information content (AvgIpc) is 2.71. The Labute approximate surface area is 118 Å². The molecule has 104 valence electrons. The lowest BCUT2D eigenvalue weighted by Gasteiger charge is -2.27. The van der Waals surface area contributed by atoms with E-state index in [2.05, 4.69) is 6.07 Å². The summed E-state index contributed by atoms with van der Waals surface area (Å²) in [6.07, 6.45) is 5.20. The Balaban J connectivity index is 2.22. The second-order valence-electron chi connectivity index (χ2n) is 5.53. The first-order valence-electron chi connectivity index (χ1n) is 6.67. The van der Waals surface area contributed by atoms with Crippen molar-refractivity contribution < 1.29 is 13.2 Å². The molecule has 1 saturated carbocycles. The van der Waals surface area contributed by atoms with Gasteiger partial charge in [-0.05, 0) is 36.7 Å². The molecule has 2 aliphatic rings. The molecule has 0 aliphatic heterocycles. The molecular weight excluding hydrogens is 262 g/mol. The second-order valence-corrected chi connectivity index (χ2v) is 5.53. The zero-order chi connectivity index (χ0) is 14.8. The molecule has 5 heteroatoms. The van der Waals surface area contributed by atoms with Crippen LogP contribution in [-0.2, 0) is 0 Å². The van der Waals surface area contributed by atoms with Gasteiger partial charge in [0.2, 0.25) is 0 Å². The molecule has 0 aromatic carbocycles. The van der Waals surface area contributed by atoms with Gasteiger partial charge in [0.25, 0.3) is 0 Å². The zero-order valence-corrected chi connectivity index (χ0v) is 11.0. The monoisotopic (exact) mass is 277 g/mol. The minimum Gasteiger partial charge on any atom is -0.198 e. The third-order valence-corrected chi connectivity index (χ3v) is 4.06. The largest absolute Gasteiger partial charge is 0.393 e. The Morgan fingerprint density at radius 3 is 2.75 bits per heavy atom. The number of alkyl halides is 3. The van der Waals surface area contributed by atoms with Crippen molar-refractivity contribution in [1.82, 2.24) is 0 Å². The van der Waals surface area contributed by atoms with Crippen molar-refractivity contribution in [2.45, 2.75) is 37.2 Å². The van der Waals surface area contributed by atoms with Gasteiger partial charge in [0, 0.05) is 6.42 Å². The predicted molar refractivity (Wildman–Crippen MR) is 71.9 cm³/mol. The lowest BCUT2D eigenvalue weighted by atomic mass is 9.66. The maximum Gasteiger partial charge on any atom is 0.393 e. The number of nitriles is 1. The summed E-state index contributed by atoms with van der Waals surface area (Å²) in [5.74, 6) is 0.350. The van der Waals surface area contributed by atoms with Gasteiger partial charge in [-0.15, -0.1) is 0 Å². The van der Waals surface area contributed by atoms with E-state index in [1.165, 1.54) is 6.08 Å². The Morgan fingerprint density at radius 1 is 1.35 bits per heavy atom. The molecule has 0 aromatic heterocycles. The van der Waals surface area contributed by atoms with Crippen molar-refractivity contribution in [2.24, 2.45) is 11.8 Å². The molecule has 0 aromatic rings. The molecule has 0 N–H and O–H groups in total. The number of nitrogens with zero attached hydrogens (tertiary/aromatic N) is 1. The molecule has 0 saturated heterocycles. The maximum absolute atomic E-state index is 13.1. The molecule has 1 nitrogen and oxygen atoms in total.